The quantitative estimate of drug-likeness (QED) is 0.727. The molecule has 6 heteroatoms. The predicted octanol–water partition coefficient (Wildman–Crippen LogP) is 3.33. The molecule has 0 aliphatic heterocycles. The molecule has 0 radical (unpaired) electrons. The summed E-state index contributed by atoms with van der Waals surface area (Å²) < 4.78 is 0. The van der Waals surface area contributed by atoms with Crippen molar-refractivity contribution in [2.45, 2.75) is 38.8 Å². The highest BCUT2D eigenvalue weighted by Gasteiger charge is 2.19. The van der Waals surface area contributed by atoms with Crippen LogP contribution in [0.15, 0.2) is 35.7 Å². The number of aromatic nitrogens is 1. The van der Waals surface area contributed by atoms with Gasteiger partial charge in [0.15, 0.2) is 0 Å². The predicted molar refractivity (Wildman–Crippen MR) is 92.4 cm³/mol. The molecule has 0 aliphatic carbocycles. The highest BCUT2D eigenvalue weighted by Crippen LogP contribution is 2.21. The third kappa shape index (κ3) is 5.04. The Hall–Kier alpha value is -1.92. The maximum absolute atomic E-state index is 12.3. The Kier molecular flexibility index (Phi) is 6.55. The van der Waals surface area contributed by atoms with Crippen LogP contribution in [0.2, 0.25) is 0 Å². The number of thiazole rings is 1. The van der Waals surface area contributed by atoms with Crippen LogP contribution in [0.3, 0.4) is 0 Å². The molecule has 0 saturated carbocycles. The molecule has 1 heterocycles. The molecule has 124 valence electrons. The van der Waals surface area contributed by atoms with Crippen LogP contribution >= 0.6 is 11.3 Å². The van der Waals surface area contributed by atoms with Crippen molar-refractivity contribution in [3.8, 4) is 0 Å². The summed E-state index contributed by atoms with van der Waals surface area (Å²) >= 11 is 1.56. The van der Waals surface area contributed by atoms with Gasteiger partial charge in [-0.25, -0.2) is 9.78 Å². The number of hydrogen-bond donors (Lipinski definition) is 3. The molecular weight excluding hydrogens is 310 g/mol. The minimum absolute atomic E-state index is 0.0166. The maximum Gasteiger partial charge on any atom is 0.315 e. The molecule has 0 aliphatic rings. The standard InChI is InChI=1S/C17H23N3O2S/c1-3-14(16-18-12(2)11-23-16)19-17(22)20-15(9-10-21)13-7-5-4-6-8-13/h4-8,11,14-15,21H,3,9-10H2,1-2H3,(H2,19,20,22)/t14?,15-/m1/s1. The molecule has 1 aromatic heterocycles. The largest absolute Gasteiger partial charge is 0.396 e. The van der Waals surface area contributed by atoms with Crippen molar-refractivity contribution in [2.75, 3.05) is 6.61 Å². The molecule has 2 aromatic rings. The molecule has 0 spiro atoms. The number of nitrogens with zero attached hydrogens (tertiary/aromatic N) is 1. The first-order valence-corrected chi connectivity index (χ1v) is 8.66. The summed E-state index contributed by atoms with van der Waals surface area (Å²) in [6.07, 6.45) is 1.25. The lowest BCUT2D eigenvalue weighted by Crippen LogP contribution is -2.40. The fraction of sp³-hybridized carbons (Fsp3) is 0.412. The summed E-state index contributed by atoms with van der Waals surface area (Å²) in [6, 6.07) is 9.11. The number of rotatable bonds is 7. The van der Waals surface area contributed by atoms with Crippen molar-refractivity contribution in [1.29, 1.82) is 0 Å². The van der Waals surface area contributed by atoms with Crippen LogP contribution in [0.1, 0.15) is 48.1 Å². The number of aliphatic hydroxyl groups is 1. The number of aryl methyl sites for hydroxylation is 1. The van der Waals surface area contributed by atoms with E-state index in [1.807, 2.05) is 49.6 Å². The van der Waals surface area contributed by atoms with E-state index in [0.29, 0.717) is 6.42 Å². The lowest BCUT2D eigenvalue weighted by atomic mass is 10.0. The average molecular weight is 333 g/mol. The summed E-state index contributed by atoms with van der Waals surface area (Å²) in [6.45, 7) is 3.98. The summed E-state index contributed by atoms with van der Waals surface area (Å²) in [7, 11) is 0. The van der Waals surface area contributed by atoms with Gasteiger partial charge in [-0.1, -0.05) is 37.3 Å². The second kappa shape index (κ2) is 8.64. The minimum Gasteiger partial charge on any atom is -0.396 e. The molecular formula is C17H23N3O2S. The Bertz CT molecular complexity index is 615. The second-order valence-electron chi connectivity index (χ2n) is 5.38. The third-order valence-corrected chi connectivity index (χ3v) is 4.65. The maximum atomic E-state index is 12.3. The zero-order chi connectivity index (χ0) is 16.7. The van der Waals surface area contributed by atoms with Crippen LogP contribution in [0.5, 0.6) is 0 Å². The van der Waals surface area contributed by atoms with Crippen molar-refractivity contribution in [3.63, 3.8) is 0 Å². The molecule has 3 N–H and O–H groups in total. The summed E-state index contributed by atoms with van der Waals surface area (Å²) in [4.78, 5) is 16.8. The van der Waals surface area contributed by atoms with Crippen molar-refractivity contribution >= 4 is 17.4 Å². The number of carbonyl (C=O) groups excluding carboxylic acids is 1. The smallest absolute Gasteiger partial charge is 0.315 e. The van der Waals surface area contributed by atoms with E-state index in [9.17, 15) is 9.90 Å². The highest BCUT2D eigenvalue weighted by atomic mass is 32.1. The van der Waals surface area contributed by atoms with Crippen molar-refractivity contribution in [2.24, 2.45) is 0 Å². The Morgan fingerprint density at radius 2 is 1.96 bits per heavy atom. The van der Waals surface area contributed by atoms with Crippen molar-refractivity contribution < 1.29 is 9.90 Å². The molecule has 2 amide bonds. The number of hydrogen-bond acceptors (Lipinski definition) is 4. The van der Waals surface area contributed by atoms with Crippen LogP contribution in [-0.4, -0.2) is 22.7 Å². The third-order valence-electron chi connectivity index (χ3n) is 3.57. The summed E-state index contributed by atoms with van der Waals surface area (Å²) in [5.74, 6) is 0. The van der Waals surface area contributed by atoms with E-state index in [4.69, 9.17) is 0 Å². The lowest BCUT2D eigenvalue weighted by Gasteiger charge is -2.21. The first kappa shape index (κ1) is 17.4. The van der Waals surface area contributed by atoms with Crippen LogP contribution in [0, 0.1) is 6.92 Å². The second-order valence-corrected chi connectivity index (χ2v) is 6.27. The van der Waals surface area contributed by atoms with E-state index in [1.165, 1.54) is 0 Å². The van der Waals surface area contributed by atoms with E-state index in [0.717, 1.165) is 22.7 Å². The van der Waals surface area contributed by atoms with E-state index < -0.39 is 0 Å². The normalized spacial score (nSPS) is 13.3. The van der Waals surface area contributed by atoms with Gasteiger partial charge in [-0.05, 0) is 25.3 Å². The van der Waals surface area contributed by atoms with Crippen LogP contribution < -0.4 is 10.6 Å². The van der Waals surface area contributed by atoms with Crippen LogP contribution in [0.25, 0.3) is 0 Å². The van der Waals surface area contributed by atoms with Gasteiger partial charge in [-0.2, -0.15) is 0 Å². The van der Waals surface area contributed by atoms with E-state index in [-0.39, 0.29) is 24.7 Å². The van der Waals surface area contributed by atoms with Gasteiger partial charge in [-0.15, -0.1) is 11.3 Å². The number of amides is 2. The minimum atomic E-state index is -0.244. The SMILES string of the molecule is CCC(NC(=O)N[C@H](CCO)c1ccccc1)c1nc(C)cs1. The molecule has 0 fully saturated rings. The number of nitrogens with one attached hydrogen (secondary N) is 2. The molecule has 2 rings (SSSR count). The van der Waals surface area contributed by atoms with E-state index in [2.05, 4.69) is 15.6 Å². The van der Waals surface area contributed by atoms with Gasteiger partial charge in [0.05, 0.1) is 12.1 Å². The zero-order valence-electron chi connectivity index (χ0n) is 13.5. The van der Waals surface area contributed by atoms with Crippen LogP contribution in [0.4, 0.5) is 4.79 Å². The van der Waals surface area contributed by atoms with E-state index >= 15 is 0 Å². The topological polar surface area (TPSA) is 74.2 Å². The molecule has 2 atom stereocenters. The number of aliphatic hydroxyl groups excluding tert-OH is 1. The Morgan fingerprint density at radius 1 is 1.26 bits per heavy atom. The molecule has 23 heavy (non-hydrogen) atoms. The monoisotopic (exact) mass is 333 g/mol. The lowest BCUT2D eigenvalue weighted by molar-refractivity contribution is 0.225. The van der Waals surface area contributed by atoms with Gasteiger partial charge in [0, 0.05) is 17.7 Å². The van der Waals surface area contributed by atoms with E-state index in [1.54, 1.807) is 11.3 Å². The molecule has 0 saturated heterocycles. The van der Waals surface area contributed by atoms with Gasteiger partial charge < -0.3 is 15.7 Å². The first-order valence-electron chi connectivity index (χ1n) is 7.79. The van der Waals surface area contributed by atoms with Gasteiger partial charge in [0.2, 0.25) is 0 Å². The molecule has 1 aromatic carbocycles. The first-order chi connectivity index (χ1) is 11.1. The van der Waals surface area contributed by atoms with Gasteiger partial charge in [0.1, 0.15) is 5.01 Å². The Morgan fingerprint density at radius 3 is 2.52 bits per heavy atom. The highest BCUT2D eigenvalue weighted by molar-refractivity contribution is 7.09. The van der Waals surface area contributed by atoms with Crippen LogP contribution in [-0.2, 0) is 0 Å². The zero-order valence-corrected chi connectivity index (χ0v) is 14.3. The van der Waals surface area contributed by atoms with Gasteiger partial charge >= 0.3 is 6.03 Å². The molecule has 1 unspecified atom stereocenters. The fourth-order valence-electron chi connectivity index (χ4n) is 2.37. The van der Waals surface area contributed by atoms with Gasteiger partial charge in [-0.3, -0.25) is 0 Å². The fourth-order valence-corrected chi connectivity index (χ4v) is 3.30. The Labute approximate surface area is 140 Å². The number of benzene rings is 1. The number of carbonyl (C=O) groups is 1. The van der Waals surface area contributed by atoms with Crippen molar-refractivity contribution in [1.82, 2.24) is 15.6 Å². The number of urea groups is 1. The summed E-state index contributed by atoms with van der Waals surface area (Å²) in [5, 5.41) is 18.1. The average Bonchev–Trinajstić information content (AvgIpc) is 2.99. The molecule has 5 nitrogen and oxygen atoms in total. The van der Waals surface area contributed by atoms with Crippen molar-refractivity contribution in [3.05, 3.63) is 52.0 Å². The van der Waals surface area contributed by atoms with Gasteiger partial charge in [0.25, 0.3) is 0 Å². The Balaban J connectivity index is 2.01. The summed E-state index contributed by atoms with van der Waals surface area (Å²) in [5.41, 5.74) is 1.95. The molecule has 0 bridgehead atoms.